The molecule has 0 unspecified atom stereocenters. The van der Waals surface area contributed by atoms with Crippen molar-refractivity contribution in [3.05, 3.63) is 46.8 Å². The number of hydrogen-bond donors (Lipinski definition) is 2. The van der Waals surface area contributed by atoms with E-state index in [0.717, 1.165) is 38.3 Å². The highest BCUT2D eigenvalue weighted by Gasteiger charge is 2.08. The molecule has 0 amide bonds. The number of halogens is 1. The van der Waals surface area contributed by atoms with E-state index in [-0.39, 0.29) is 0 Å². The van der Waals surface area contributed by atoms with Crippen molar-refractivity contribution < 1.29 is 0 Å². The van der Waals surface area contributed by atoms with E-state index in [1.807, 2.05) is 38.2 Å². The molecule has 0 saturated carbocycles. The third-order valence-corrected chi connectivity index (χ3v) is 3.69. The van der Waals surface area contributed by atoms with Crippen LogP contribution in [0.5, 0.6) is 0 Å². The zero-order valence-corrected chi connectivity index (χ0v) is 13.3. The Morgan fingerprint density at radius 1 is 1.10 bits per heavy atom. The molecule has 1 aromatic carbocycles. The largest absolute Gasteiger partial charge is 0.373 e. The maximum Gasteiger partial charge on any atom is 0.138 e. The van der Waals surface area contributed by atoms with Gasteiger partial charge in [-0.3, -0.25) is 4.98 Å². The van der Waals surface area contributed by atoms with Gasteiger partial charge in [-0.2, -0.15) is 0 Å². The summed E-state index contributed by atoms with van der Waals surface area (Å²) in [4.78, 5) is 13.0. The Labute approximate surface area is 131 Å². The summed E-state index contributed by atoms with van der Waals surface area (Å²) in [5, 5.41) is 7.46. The molecule has 2 aromatic heterocycles. The van der Waals surface area contributed by atoms with Gasteiger partial charge in [-0.05, 0) is 35.0 Å². The summed E-state index contributed by atoms with van der Waals surface area (Å²) in [6.45, 7) is 1.98. The van der Waals surface area contributed by atoms with Crippen LogP contribution < -0.4 is 10.6 Å². The third kappa shape index (κ3) is 2.67. The lowest BCUT2D eigenvalue weighted by Crippen LogP contribution is -2.03. The van der Waals surface area contributed by atoms with E-state index in [1.165, 1.54) is 6.33 Å². The Kier molecular flexibility index (Phi) is 3.70. The number of fused-ring (bicyclic) bond motifs is 1. The number of rotatable bonds is 3. The average Bonchev–Trinajstić information content (AvgIpc) is 2.49. The van der Waals surface area contributed by atoms with Crippen molar-refractivity contribution in [1.82, 2.24) is 15.0 Å². The molecule has 0 aliphatic carbocycles. The summed E-state index contributed by atoms with van der Waals surface area (Å²) in [7, 11) is 1.84. The van der Waals surface area contributed by atoms with Crippen molar-refractivity contribution in [3.63, 3.8) is 0 Å². The van der Waals surface area contributed by atoms with Gasteiger partial charge >= 0.3 is 0 Å². The zero-order chi connectivity index (χ0) is 14.8. The fourth-order valence-electron chi connectivity index (χ4n) is 2.19. The topological polar surface area (TPSA) is 62.7 Å². The van der Waals surface area contributed by atoms with Crippen LogP contribution in [0, 0.1) is 6.92 Å². The van der Waals surface area contributed by atoms with Crippen molar-refractivity contribution in [3.8, 4) is 0 Å². The minimum absolute atomic E-state index is 0.770. The summed E-state index contributed by atoms with van der Waals surface area (Å²) in [6.07, 6.45) is 3.33. The molecule has 2 heterocycles. The number of aromatic nitrogens is 3. The van der Waals surface area contributed by atoms with Gasteiger partial charge in [0.25, 0.3) is 0 Å². The van der Waals surface area contributed by atoms with Gasteiger partial charge in [-0.15, -0.1) is 0 Å². The van der Waals surface area contributed by atoms with Gasteiger partial charge in [0.15, 0.2) is 0 Å². The van der Waals surface area contributed by atoms with Gasteiger partial charge < -0.3 is 10.6 Å². The number of nitrogens with one attached hydrogen (secondary N) is 2. The Morgan fingerprint density at radius 3 is 2.71 bits per heavy atom. The maximum absolute atomic E-state index is 4.48. The molecule has 0 aliphatic rings. The molecule has 2 N–H and O–H groups in total. The van der Waals surface area contributed by atoms with E-state index in [4.69, 9.17) is 0 Å². The smallest absolute Gasteiger partial charge is 0.138 e. The summed E-state index contributed by atoms with van der Waals surface area (Å²) in [5.74, 6) is 1.58. The molecule has 106 valence electrons. The molecule has 0 spiro atoms. The number of benzene rings is 1. The van der Waals surface area contributed by atoms with Crippen molar-refractivity contribution in [2.75, 3.05) is 17.7 Å². The van der Waals surface area contributed by atoms with Crippen LogP contribution >= 0.6 is 15.9 Å². The van der Waals surface area contributed by atoms with E-state index < -0.39 is 0 Å². The highest BCUT2D eigenvalue weighted by atomic mass is 79.9. The van der Waals surface area contributed by atoms with Crippen LogP contribution in [0.25, 0.3) is 10.9 Å². The van der Waals surface area contributed by atoms with Crippen molar-refractivity contribution >= 4 is 44.2 Å². The van der Waals surface area contributed by atoms with Crippen molar-refractivity contribution in [2.24, 2.45) is 0 Å². The molecule has 3 aromatic rings. The van der Waals surface area contributed by atoms with E-state index in [9.17, 15) is 0 Å². The maximum atomic E-state index is 4.48. The first-order valence-electron chi connectivity index (χ1n) is 6.49. The first-order chi connectivity index (χ1) is 10.2. The van der Waals surface area contributed by atoms with Crippen LogP contribution in [0.15, 0.2) is 41.3 Å². The zero-order valence-electron chi connectivity index (χ0n) is 11.7. The third-order valence-electron chi connectivity index (χ3n) is 3.25. The second kappa shape index (κ2) is 5.65. The van der Waals surface area contributed by atoms with E-state index in [0.29, 0.717) is 0 Å². The first kappa shape index (κ1) is 13.8. The van der Waals surface area contributed by atoms with Gasteiger partial charge in [-0.1, -0.05) is 12.1 Å². The highest BCUT2D eigenvalue weighted by Crippen LogP contribution is 2.28. The normalized spacial score (nSPS) is 10.6. The quantitative estimate of drug-likeness (QED) is 0.755. The second-order valence-corrected chi connectivity index (χ2v) is 5.52. The highest BCUT2D eigenvalue weighted by molar-refractivity contribution is 9.10. The van der Waals surface area contributed by atoms with Crippen LogP contribution in [-0.2, 0) is 0 Å². The van der Waals surface area contributed by atoms with Gasteiger partial charge in [0.05, 0.1) is 11.2 Å². The van der Waals surface area contributed by atoms with Crippen LogP contribution in [0.1, 0.15) is 5.56 Å². The first-order valence-corrected chi connectivity index (χ1v) is 7.29. The standard InChI is InChI=1S/C15H14BrN5/c1-9-14(17-2)19-8-20-15(9)21-12-5-3-4-10-6-11(16)7-18-13(10)12/h3-8H,1-2H3,(H2,17,19,20,21). The van der Waals surface area contributed by atoms with Crippen LogP contribution in [0.2, 0.25) is 0 Å². The minimum atomic E-state index is 0.770. The Hall–Kier alpha value is -2.21. The average molecular weight is 344 g/mol. The second-order valence-electron chi connectivity index (χ2n) is 4.60. The minimum Gasteiger partial charge on any atom is -0.373 e. The number of para-hydroxylation sites is 1. The van der Waals surface area contributed by atoms with Crippen LogP contribution in [0.4, 0.5) is 17.3 Å². The molecule has 3 rings (SSSR count). The molecule has 0 radical (unpaired) electrons. The predicted octanol–water partition coefficient (Wildman–Crippen LogP) is 3.88. The number of anilines is 3. The Bertz CT molecular complexity index is 803. The molecule has 5 nitrogen and oxygen atoms in total. The van der Waals surface area contributed by atoms with Gasteiger partial charge in [0.2, 0.25) is 0 Å². The van der Waals surface area contributed by atoms with E-state index >= 15 is 0 Å². The number of nitrogens with zero attached hydrogens (tertiary/aromatic N) is 3. The van der Waals surface area contributed by atoms with E-state index in [2.05, 4.69) is 41.5 Å². The fourth-order valence-corrected chi connectivity index (χ4v) is 2.54. The summed E-state index contributed by atoms with van der Waals surface area (Å²) in [6, 6.07) is 8.06. The molecule has 0 saturated heterocycles. The van der Waals surface area contributed by atoms with Crippen molar-refractivity contribution in [1.29, 1.82) is 0 Å². The Morgan fingerprint density at radius 2 is 1.90 bits per heavy atom. The molecule has 0 atom stereocenters. The summed E-state index contributed by atoms with van der Waals surface area (Å²) >= 11 is 3.44. The van der Waals surface area contributed by atoms with Crippen molar-refractivity contribution in [2.45, 2.75) is 6.92 Å². The molecule has 6 heteroatoms. The molecule has 0 fully saturated rings. The lowest BCUT2D eigenvalue weighted by Gasteiger charge is -2.12. The number of hydrogen-bond acceptors (Lipinski definition) is 5. The fraction of sp³-hybridized carbons (Fsp3) is 0.133. The summed E-state index contributed by atoms with van der Waals surface area (Å²) < 4.78 is 0.961. The SMILES string of the molecule is CNc1ncnc(Nc2cccc3cc(Br)cnc23)c1C. The lowest BCUT2D eigenvalue weighted by molar-refractivity contribution is 1.12. The van der Waals surface area contributed by atoms with Gasteiger partial charge in [0, 0.05) is 28.7 Å². The monoisotopic (exact) mass is 343 g/mol. The molecule has 21 heavy (non-hydrogen) atoms. The van der Waals surface area contributed by atoms with Crippen LogP contribution in [-0.4, -0.2) is 22.0 Å². The predicted molar refractivity (Wildman–Crippen MR) is 89.0 cm³/mol. The lowest BCUT2D eigenvalue weighted by atomic mass is 10.2. The molecule has 0 bridgehead atoms. The summed E-state index contributed by atoms with van der Waals surface area (Å²) in [5.41, 5.74) is 2.79. The Balaban J connectivity index is 2.06. The molecular weight excluding hydrogens is 330 g/mol. The number of pyridine rings is 1. The van der Waals surface area contributed by atoms with Crippen LogP contribution in [0.3, 0.4) is 0 Å². The molecule has 0 aliphatic heterocycles. The molecular formula is C15H14BrN5. The van der Waals surface area contributed by atoms with Gasteiger partial charge in [-0.25, -0.2) is 9.97 Å². The van der Waals surface area contributed by atoms with Gasteiger partial charge in [0.1, 0.15) is 18.0 Å². The van der Waals surface area contributed by atoms with E-state index in [1.54, 1.807) is 6.20 Å².